The van der Waals surface area contributed by atoms with Crippen LogP contribution in [0.4, 0.5) is 4.39 Å². The van der Waals surface area contributed by atoms with Crippen molar-refractivity contribution in [3.05, 3.63) is 59.9 Å². The highest BCUT2D eigenvalue weighted by Gasteiger charge is 2.47. The Labute approximate surface area is 171 Å². The summed E-state index contributed by atoms with van der Waals surface area (Å²) < 4.78 is 40.3. The molecule has 0 radical (unpaired) electrons. The second-order valence-electron chi connectivity index (χ2n) is 8.03. The van der Waals surface area contributed by atoms with Crippen LogP contribution in [-0.4, -0.2) is 44.6 Å². The molecule has 1 heterocycles. The zero-order valence-corrected chi connectivity index (χ0v) is 17.2. The van der Waals surface area contributed by atoms with Gasteiger partial charge in [0.15, 0.2) is 0 Å². The van der Waals surface area contributed by atoms with Gasteiger partial charge in [0.05, 0.1) is 6.26 Å². The lowest BCUT2D eigenvalue weighted by atomic mass is 9.95. The van der Waals surface area contributed by atoms with Crippen molar-refractivity contribution in [2.45, 2.75) is 31.2 Å². The van der Waals surface area contributed by atoms with Crippen LogP contribution in [0.3, 0.4) is 0 Å². The maximum absolute atomic E-state index is 14.7. The molecule has 1 N–H and O–H groups in total. The average molecular weight is 417 g/mol. The van der Waals surface area contributed by atoms with Gasteiger partial charge in [0.25, 0.3) is 0 Å². The van der Waals surface area contributed by atoms with Crippen molar-refractivity contribution in [3.63, 3.8) is 0 Å². The normalized spacial score (nSPS) is 24.3. The molecule has 154 valence electrons. The zero-order chi connectivity index (χ0) is 20.6. The van der Waals surface area contributed by atoms with Crippen molar-refractivity contribution < 1.29 is 17.6 Å². The van der Waals surface area contributed by atoms with Crippen LogP contribution in [0.25, 0.3) is 11.1 Å². The van der Waals surface area contributed by atoms with Crippen LogP contribution in [-0.2, 0) is 14.8 Å². The molecule has 1 aliphatic heterocycles. The van der Waals surface area contributed by atoms with Crippen LogP contribution in [0, 0.1) is 11.7 Å². The quantitative estimate of drug-likeness (QED) is 0.814. The Balaban J connectivity index is 1.51. The standard InChI is InChI=1S/C22H25FN2O3S/c1-29(27,28)24-16-9-6-12-25(14-16)22(26)19-13-18(19)17-10-5-11-20(23)21(17)15-7-3-2-4-8-15/h2-5,7-8,10-11,16,18-19,24H,6,9,12-14H2,1H3/t16-,18-,19+/m0/s1. The van der Waals surface area contributed by atoms with Crippen LogP contribution in [0.2, 0.25) is 0 Å². The Morgan fingerprint density at radius 1 is 1.14 bits per heavy atom. The van der Waals surface area contributed by atoms with Gasteiger partial charge in [-0.1, -0.05) is 42.5 Å². The Kier molecular flexibility index (Phi) is 5.44. The molecule has 29 heavy (non-hydrogen) atoms. The predicted octanol–water partition coefficient (Wildman–Crippen LogP) is 3.14. The number of nitrogens with zero attached hydrogens (tertiary/aromatic N) is 1. The number of carbonyl (C=O) groups excluding carboxylic acids is 1. The number of halogens is 1. The van der Waals surface area contributed by atoms with E-state index in [0.717, 1.165) is 30.2 Å². The molecule has 1 aliphatic carbocycles. The summed E-state index contributed by atoms with van der Waals surface area (Å²) >= 11 is 0. The van der Waals surface area contributed by atoms with Crippen molar-refractivity contribution in [2.24, 2.45) is 5.92 Å². The number of hydrogen-bond acceptors (Lipinski definition) is 3. The monoisotopic (exact) mass is 416 g/mol. The van der Waals surface area contributed by atoms with E-state index in [1.165, 1.54) is 6.07 Å². The highest BCUT2D eigenvalue weighted by atomic mass is 32.2. The molecule has 3 atom stereocenters. The highest BCUT2D eigenvalue weighted by Crippen LogP contribution is 2.51. The molecule has 1 saturated carbocycles. The molecular formula is C22H25FN2O3S. The fraction of sp³-hybridized carbons (Fsp3) is 0.409. The number of amides is 1. The SMILES string of the molecule is CS(=O)(=O)N[C@H]1CCCN(C(=O)[C@@H]2C[C@H]2c2cccc(F)c2-c2ccccc2)C1. The van der Waals surface area contributed by atoms with Gasteiger partial charge in [-0.25, -0.2) is 17.5 Å². The zero-order valence-electron chi connectivity index (χ0n) is 16.3. The molecule has 1 amide bonds. The minimum atomic E-state index is -3.30. The third kappa shape index (κ3) is 4.51. The molecule has 5 nitrogen and oxygen atoms in total. The van der Waals surface area contributed by atoms with Gasteiger partial charge in [0.2, 0.25) is 15.9 Å². The molecule has 0 spiro atoms. The topological polar surface area (TPSA) is 66.5 Å². The van der Waals surface area contributed by atoms with E-state index in [-0.39, 0.29) is 29.6 Å². The summed E-state index contributed by atoms with van der Waals surface area (Å²) in [6.07, 6.45) is 3.33. The number of piperidine rings is 1. The van der Waals surface area contributed by atoms with Crippen molar-refractivity contribution in [1.82, 2.24) is 9.62 Å². The first-order chi connectivity index (χ1) is 13.8. The maximum atomic E-state index is 14.7. The summed E-state index contributed by atoms with van der Waals surface area (Å²) in [4.78, 5) is 14.8. The summed E-state index contributed by atoms with van der Waals surface area (Å²) in [5.74, 6) is -0.409. The number of likely N-dealkylation sites (tertiary alicyclic amines) is 1. The van der Waals surface area contributed by atoms with E-state index in [2.05, 4.69) is 4.72 Å². The van der Waals surface area contributed by atoms with Crippen molar-refractivity contribution in [2.75, 3.05) is 19.3 Å². The van der Waals surface area contributed by atoms with Crippen LogP contribution in [0.1, 0.15) is 30.7 Å². The van der Waals surface area contributed by atoms with Crippen LogP contribution in [0.5, 0.6) is 0 Å². The van der Waals surface area contributed by atoms with Gasteiger partial charge < -0.3 is 4.90 Å². The molecule has 2 aromatic carbocycles. The number of benzene rings is 2. The largest absolute Gasteiger partial charge is 0.341 e. The summed E-state index contributed by atoms with van der Waals surface area (Å²) in [6.45, 7) is 1.03. The molecule has 0 aromatic heterocycles. The lowest BCUT2D eigenvalue weighted by molar-refractivity contribution is -0.133. The lowest BCUT2D eigenvalue weighted by Crippen LogP contribution is -2.49. The lowest BCUT2D eigenvalue weighted by Gasteiger charge is -2.33. The fourth-order valence-corrected chi connectivity index (χ4v) is 5.18. The maximum Gasteiger partial charge on any atom is 0.226 e. The fourth-order valence-electron chi connectivity index (χ4n) is 4.38. The summed E-state index contributed by atoms with van der Waals surface area (Å²) in [5.41, 5.74) is 2.26. The first-order valence-electron chi connectivity index (χ1n) is 9.93. The Morgan fingerprint density at radius 2 is 1.90 bits per heavy atom. The third-order valence-corrected chi connectivity index (χ3v) is 6.49. The van der Waals surface area contributed by atoms with Crippen LogP contribution < -0.4 is 4.72 Å². The minimum Gasteiger partial charge on any atom is -0.341 e. The Morgan fingerprint density at radius 3 is 2.62 bits per heavy atom. The summed E-state index contributed by atoms with van der Waals surface area (Å²) in [7, 11) is -3.30. The second-order valence-corrected chi connectivity index (χ2v) is 9.81. The average Bonchev–Trinajstić information content (AvgIpc) is 3.47. The Bertz CT molecular complexity index is 1010. The minimum absolute atomic E-state index is 0.00310. The van der Waals surface area contributed by atoms with Crippen molar-refractivity contribution >= 4 is 15.9 Å². The molecule has 1 saturated heterocycles. The molecule has 4 rings (SSSR count). The van der Waals surface area contributed by atoms with Gasteiger partial charge >= 0.3 is 0 Å². The van der Waals surface area contributed by atoms with Gasteiger partial charge in [0.1, 0.15) is 5.82 Å². The Hall–Kier alpha value is -2.25. The van der Waals surface area contributed by atoms with E-state index in [9.17, 15) is 17.6 Å². The molecule has 0 unspecified atom stereocenters. The molecule has 2 aromatic rings. The van der Waals surface area contributed by atoms with Gasteiger partial charge in [-0.3, -0.25) is 4.79 Å². The van der Waals surface area contributed by atoms with E-state index in [1.54, 1.807) is 11.0 Å². The smallest absolute Gasteiger partial charge is 0.226 e. The summed E-state index contributed by atoms with van der Waals surface area (Å²) in [6, 6.07) is 14.2. The second kappa shape index (κ2) is 7.88. The van der Waals surface area contributed by atoms with Crippen LogP contribution in [0.15, 0.2) is 48.5 Å². The van der Waals surface area contributed by atoms with E-state index in [4.69, 9.17) is 0 Å². The highest BCUT2D eigenvalue weighted by molar-refractivity contribution is 7.88. The number of carbonyl (C=O) groups is 1. The molecular weight excluding hydrogens is 391 g/mol. The first kappa shape index (κ1) is 20.0. The molecule has 2 aliphatic rings. The van der Waals surface area contributed by atoms with E-state index < -0.39 is 10.0 Å². The summed E-state index contributed by atoms with van der Waals surface area (Å²) in [5, 5.41) is 0. The first-order valence-corrected chi connectivity index (χ1v) is 11.8. The number of nitrogens with one attached hydrogen (secondary N) is 1. The third-order valence-electron chi connectivity index (χ3n) is 5.73. The number of hydrogen-bond donors (Lipinski definition) is 1. The molecule has 0 bridgehead atoms. The van der Waals surface area contributed by atoms with E-state index in [0.29, 0.717) is 25.1 Å². The van der Waals surface area contributed by atoms with Crippen LogP contribution >= 0.6 is 0 Å². The van der Waals surface area contributed by atoms with Gasteiger partial charge in [-0.05, 0) is 42.4 Å². The molecule has 2 fully saturated rings. The van der Waals surface area contributed by atoms with E-state index >= 15 is 0 Å². The number of sulfonamides is 1. The van der Waals surface area contributed by atoms with Gasteiger partial charge in [-0.15, -0.1) is 0 Å². The predicted molar refractivity (Wildman–Crippen MR) is 110 cm³/mol. The van der Waals surface area contributed by atoms with Gasteiger partial charge in [0, 0.05) is 30.6 Å². The number of rotatable bonds is 5. The van der Waals surface area contributed by atoms with Crippen molar-refractivity contribution in [3.8, 4) is 11.1 Å². The van der Waals surface area contributed by atoms with E-state index in [1.807, 2.05) is 36.4 Å². The van der Waals surface area contributed by atoms with Crippen molar-refractivity contribution in [1.29, 1.82) is 0 Å². The molecule has 7 heteroatoms. The van der Waals surface area contributed by atoms with Gasteiger partial charge in [-0.2, -0.15) is 0 Å².